The Hall–Kier alpha value is -5.80. The minimum absolute atomic E-state index is 0.551. The van der Waals surface area contributed by atoms with E-state index < -0.39 is 0 Å². The second-order valence-electron chi connectivity index (χ2n) is 13.5. The first kappa shape index (κ1) is 28.2. The van der Waals surface area contributed by atoms with E-state index in [0.29, 0.717) is 5.92 Å². The van der Waals surface area contributed by atoms with Crippen molar-refractivity contribution in [1.29, 1.82) is 0 Å². The maximum Gasteiger partial charge on any atom is 0.159 e. The number of rotatable bonds is 5. The third kappa shape index (κ3) is 4.64. The number of hydrogen-bond donors (Lipinski definition) is 0. The van der Waals surface area contributed by atoms with E-state index >= 15 is 0 Å². The van der Waals surface area contributed by atoms with Crippen LogP contribution in [0.25, 0.3) is 65.8 Å². The summed E-state index contributed by atoms with van der Waals surface area (Å²) in [5, 5.41) is 7.08. The number of para-hydroxylation sites is 3. The van der Waals surface area contributed by atoms with Crippen LogP contribution in [-0.2, 0) is 0 Å². The summed E-state index contributed by atoms with van der Waals surface area (Å²) in [6.07, 6.45) is 6.38. The molecule has 236 valence electrons. The molecule has 1 saturated carbocycles. The van der Waals surface area contributed by atoms with Gasteiger partial charge < -0.3 is 13.7 Å². The van der Waals surface area contributed by atoms with Crippen LogP contribution in [0.3, 0.4) is 0 Å². The van der Waals surface area contributed by atoms with Crippen LogP contribution in [-0.4, -0.2) is 0 Å². The van der Waals surface area contributed by atoms with E-state index in [1.54, 1.807) is 0 Å². The van der Waals surface area contributed by atoms with Gasteiger partial charge in [-0.25, -0.2) is 0 Å². The van der Waals surface area contributed by atoms with Crippen LogP contribution in [0, 0.1) is 0 Å². The van der Waals surface area contributed by atoms with Crippen molar-refractivity contribution in [3.63, 3.8) is 0 Å². The smallest absolute Gasteiger partial charge is 0.159 e. The molecule has 0 aliphatic heterocycles. The Labute approximate surface area is 285 Å². The van der Waals surface area contributed by atoms with Gasteiger partial charge in [0.2, 0.25) is 0 Å². The highest BCUT2D eigenvalue weighted by Crippen LogP contribution is 2.46. The number of nitrogens with zero attached hydrogens (tertiary/aromatic N) is 1. The van der Waals surface area contributed by atoms with Crippen molar-refractivity contribution in [3.8, 4) is 11.1 Å². The summed E-state index contributed by atoms with van der Waals surface area (Å²) in [5.41, 5.74) is 10.6. The predicted molar refractivity (Wildman–Crippen MR) is 204 cm³/mol. The predicted octanol–water partition coefficient (Wildman–Crippen LogP) is 13.8. The standard InChI is InChI=1S/C46H35NO2/c1-2-11-31(12-3-1)37-18-9-19-40-41-20-10-21-42(46(41)49-45(37)40)47(34-27-28-39-38-16-6-7-22-43(38)48-44(39)29-34)33-25-23-32(24-26-33)36-17-8-14-30-13-4-5-15-35(30)36/h4-10,13-29,31H,1-3,11-12H2. The van der Waals surface area contributed by atoms with Gasteiger partial charge in [-0.3, -0.25) is 0 Å². The van der Waals surface area contributed by atoms with Crippen molar-refractivity contribution in [1.82, 2.24) is 0 Å². The van der Waals surface area contributed by atoms with Crippen molar-refractivity contribution >= 4 is 71.7 Å². The fourth-order valence-electron chi connectivity index (χ4n) is 8.29. The van der Waals surface area contributed by atoms with Gasteiger partial charge in [0.25, 0.3) is 0 Å². The largest absolute Gasteiger partial charge is 0.456 e. The number of anilines is 3. The number of fused-ring (bicyclic) bond motifs is 7. The molecule has 49 heavy (non-hydrogen) atoms. The van der Waals surface area contributed by atoms with E-state index in [-0.39, 0.29) is 0 Å². The molecule has 10 rings (SSSR count). The number of hydrogen-bond acceptors (Lipinski definition) is 3. The third-order valence-corrected chi connectivity index (χ3v) is 10.7. The van der Waals surface area contributed by atoms with Crippen molar-refractivity contribution < 1.29 is 8.83 Å². The van der Waals surface area contributed by atoms with Crippen LogP contribution in [0.15, 0.2) is 154 Å². The summed E-state index contributed by atoms with van der Waals surface area (Å²) in [7, 11) is 0. The zero-order valence-corrected chi connectivity index (χ0v) is 27.2. The average Bonchev–Trinajstić information content (AvgIpc) is 3.74. The maximum absolute atomic E-state index is 7.00. The number of benzene rings is 7. The van der Waals surface area contributed by atoms with E-state index in [1.807, 2.05) is 12.1 Å². The van der Waals surface area contributed by atoms with E-state index in [4.69, 9.17) is 8.83 Å². The van der Waals surface area contributed by atoms with Gasteiger partial charge in [-0.05, 0) is 82.6 Å². The highest BCUT2D eigenvalue weighted by Gasteiger charge is 2.24. The van der Waals surface area contributed by atoms with Crippen LogP contribution < -0.4 is 4.90 Å². The summed E-state index contributed by atoms with van der Waals surface area (Å²) >= 11 is 0. The molecule has 1 aliphatic carbocycles. The minimum Gasteiger partial charge on any atom is -0.456 e. The highest BCUT2D eigenvalue weighted by atomic mass is 16.3. The van der Waals surface area contributed by atoms with E-state index in [1.165, 1.54) is 65.0 Å². The molecule has 3 heteroatoms. The lowest BCUT2D eigenvalue weighted by atomic mass is 9.83. The van der Waals surface area contributed by atoms with Gasteiger partial charge in [-0.2, -0.15) is 0 Å². The van der Waals surface area contributed by atoms with Gasteiger partial charge in [0.05, 0.1) is 11.4 Å². The molecular formula is C46H35NO2. The lowest BCUT2D eigenvalue weighted by molar-refractivity contribution is 0.442. The molecule has 9 aromatic rings. The van der Waals surface area contributed by atoms with E-state index in [9.17, 15) is 0 Å². The molecule has 2 heterocycles. The van der Waals surface area contributed by atoms with Crippen LogP contribution in [0.5, 0.6) is 0 Å². The molecule has 0 atom stereocenters. The SMILES string of the molecule is c1ccc2c(-c3ccc(N(c4ccc5c(c4)oc4ccccc45)c4cccc5c4oc4c(C6CCCCC6)cccc45)cc3)cccc2c1. The maximum atomic E-state index is 7.00. The monoisotopic (exact) mass is 633 g/mol. The van der Waals surface area contributed by atoms with E-state index in [2.05, 4.69) is 138 Å². The zero-order chi connectivity index (χ0) is 32.3. The summed E-state index contributed by atoms with van der Waals surface area (Å²) < 4.78 is 13.4. The topological polar surface area (TPSA) is 29.5 Å². The second kappa shape index (κ2) is 11.4. The zero-order valence-electron chi connectivity index (χ0n) is 27.2. The summed E-state index contributed by atoms with van der Waals surface area (Å²) in [6, 6.07) is 52.2. The molecule has 7 aromatic carbocycles. The summed E-state index contributed by atoms with van der Waals surface area (Å²) in [4.78, 5) is 2.32. The molecule has 2 aromatic heterocycles. The summed E-state index contributed by atoms with van der Waals surface area (Å²) in [5.74, 6) is 0.551. The Balaban J connectivity index is 1.17. The third-order valence-electron chi connectivity index (χ3n) is 10.7. The molecule has 0 saturated heterocycles. The molecule has 0 unspecified atom stereocenters. The molecular weight excluding hydrogens is 599 g/mol. The van der Waals surface area contributed by atoms with Gasteiger partial charge in [-0.15, -0.1) is 0 Å². The second-order valence-corrected chi connectivity index (χ2v) is 13.5. The normalized spacial score (nSPS) is 14.0. The first-order valence-electron chi connectivity index (χ1n) is 17.5. The molecule has 3 nitrogen and oxygen atoms in total. The van der Waals surface area contributed by atoms with Crippen molar-refractivity contribution in [3.05, 3.63) is 151 Å². The highest BCUT2D eigenvalue weighted by molar-refractivity contribution is 6.12. The molecule has 0 radical (unpaired) electrons. The Morgan fingerprint density at radius 1 is 0.469 bits per heavy atom. The Bertz CT molecular complexity index is 2650. The first-order chi connectivity index (χ1) is 24.3. The molecule has 0 spiro atoms. The lowest BCUT2D eigenvalue weighted by Gasteiger charge is -2.26. The van der Waals surface area contributed by atoms with Gasteiger partial charge in [0, 0.05) is 33.3 Å². The fourth-order valence-corrected chi connectivity index (χ4v) is 8.29. The number of furan rings is 2. The first-order valence-corrected chi connectivity index (χ1v) is 17.5. The van der Waals surface area contributed by atoms with Gasteiger partial charge >= 0.3 is 0 Å². The fraction of sp³-hybridized carbons (Fsp3) is 0.130. The van der Waals surface area contributed by atoms with Crippen LogP contribution in [0.1, 0.15) is 43.6 Å². The van der Waals surface area contributed by atoms with Gasteiger partial charge in [0.1, 0.15) is 16.7 Å². The van der Waals surface area contributed by atoms with Crippen molar-refractivity contribution in [2.24, 2.45) is 0 Å². The Morgan fingerprint density at radius 3 is 2.02 bits per heavy atom. The van der Waals surface area contributed by atoms with Gasteiger partial charge in [-0.1, -0.05) is 122 Å². The van der Waals surface area contributed by atoms with Gasteiger partial charge in [0.15, 0.2) is 5.58 Å². The van der Waals surface area contributed by atoms with Crippen LogP contribution in [0.2, 0.25) is 0 Å². The molecule has 0 bridgehead atoms. The molecule has 1 fully saturated rings. The minimum atomic E-state index is 0.551. The average molecular weight is 634 g/mol. The van der Waals surface area contributed by atoms with Crippen molar-refractivity contribution in [2.45, 2.75) is 38.0 Å². The molecule has 0 N–H and O–H groups in total. The Kier molecular flexibility index (Phi) is 6.58. The molecule has 1 aliphatic rings. The van der Waals surface area contributed by atoms with Crippen LogP contribution >= 0.6 is 0 Å². The quantitative estimate of drug-likeness (QED) is 0.189. The van der Waals surface area contributed by atoms with Crippen molar-refractivity contribution in [2.75, 3.05) is 4.90 Å². The lowest BCUT2D eigenvalue weighted by Crippen LogP contribution is -2.10. The summed E-state index contributed by atoms with van der Waals surface area (Å²) in [6.45, 7) is 0. The molecule has 0 amide bonds. The Morgan fingerprint density at radius 2 is 1.14 bits per heavy atom. The van der Waals surface area contributed by atoms with Crippen LogP contribution in [0.4, 0.5) is 17.1 Å². The van der Waals surface area contributed by atoms with E-state index in [0.717, 1.165) is 55.6 Å².